The summed E-state index contributed by atoms with van der Waals surface area (Å²) in [5.74, 6) is -0.777. The molecule has 1 unspecified atom stereocenters. The van der Waals surface area contributed by atoms with E-state index in [1.54, 1.807) is 35.5 Å². The Morgan fingerprint density at radius 2 is 2.07 bits per heavy atom. The van der Waals surface area contributed by atoms with Crippen LogP contribution in [0.15, 0.2) is 36.7 Å². The Balaban J connectivity index is 0.00000240. The number of carbonyl (C=O) groups excluding carboxylic acids is 1. The summed E-state index contributed by atoms with van der Waals surface area (Å²) in [5.41, 5.74) is 0.496. The number of carbonyl (C=O) groups is 1. The topological polar surface area (TPSA) is 68.0 Å². The van der Waals surface area contributed by atoms with Gasteiger partial charge in [-0.1, -0.05) is 12.1 Å². The van der Waals surface area contributed by atoms with E-state index in [2.05, 4.69) is 15.3 Å². The lowest BCUT2D eigenvalue weighted by molar-refractivity contribution is -0.148. The zero-order valence-corrected chi connectivity index (χ0v) is 16.4. The first-order valence-electron chi connectivity index (χ1n) is 8.86. The molecule has 3 aromatic rings. The number of fused-ring (bicyclic) bond motifs is 1. The van der Waals surface area contributed by atoms with Crippen LogP contribution in [0.25, 0.3) is 11.0 Å². The summed E-state index contributed by atoms with van der Waals surface area (Å²) >= 11 is 0. The van der Waals surface area contributed by atoms with E-state index < -0.39 is 24.5 Å². The summed E-state index contributed by atoms with van der Waals surface area (Å²) in [5, 5.41) is 3.21. The molecule has 1 saturated heterocycles. The number of benzene rings is 1. The van der Waals surface area contributed by atoms with E-state index in [-0.39, 0.29) is 29.5 Å². The molecule has 1 aromatic carbocycles. The molecular weight excluding hydrogens is 409 g/mol. The van der Waals surface area contributed by atoms with Gasteiger partial charge in [0.25, 0.3) is 0 Å². The lowest BCUT2D eigenvalue weighted by Crippen LogP contribution is -2.50. The molecule has 0 radical (unpaired) electrons. The molecule has 0 spiro atoms. The second-order valence-electron chi connectivity index (χ2n) is 6.71. The number of alkyl halides is 3. The van der Waals surface area contributed by atoms with Gasteiger partial charge in [-0.05, 0) is 12.1 Å². The molecule has 7 nitrogen and oxygen atoms in total. The highest BCUT2D eigenvalue weighted by molar-refractivity contribution is 5.85. The highest BCUT2D eigenvalue weighted by Gasteiger charge is 2.39. The molecule has 1 aliphatic heterocycles. The molecular formula is C18H20ClF3N6O. The zero-order chi connectivity index (χ0) is 19.9. The second kappa shape index (κ2) is 8.03. The van der Waals surface area contributed by atoms with Crippen molar-refractivity contribution in [3.05, 3.63) is 48.3 Å². The fraction of sp³-hybridized carbons (Fsp3) is 0.389. The summed E-state index contributed by atoms with van der Waals surface area (Å²) in [7, 11) is 1.82. The first-order valence-corrected chi connectivity index (χ1v) is 8.86. The van der Waals surface area contributed by atoms with Gasteiger partial charge in [-0.15, -0.1) is 12.4 Å². The Morgan fingerprint density at radius 3 is 2.76 bits per heavy atom. The van der Waals surface area contributed by atoms with Gasteiger partial charge in [-0.3, -0.25) is 4.79 Å². The summed E-state index contributed by atoms with van der Waals surface area (Å²) < 4.78 is 43.3. The van der Waals surface area contributed by atoms with Crippen LogP contribution in [-0.2, 0) is 24.6 Å². The summed E-state index contributed by atoms with van der Waals surface area (Å²) in [6, 6.07) is 5.96. The van der Waals surface area contributed by atoms with Crippen molar-refractivity contribution in [3.8, 4) is 0 Å². The number of amides is 1. The maximum absolute atomic E-state index is 13.5. The smallest absolute Gasteiger partial charge is 0.336 e. The number of rotatable bonds is 3. The molecule has 0 bridgehead atoms. The molecule has 3 heterocycles. The summed E-state index contributed by atoms with van der Waals surface area (Å²) in [6.45, 7) is 1.03. The van der Waals surface area contributed by atoms with Crippen LogP contribution in [0, 0.1) is 0 Å². The maximum Gasteiger partial charge on any atom is 0.449 e. The number of hydrogen-bond donors (Lipinski definition) is 1. The third kappa shape index (κ3) is 3.95. The normalized spacial score (nSPS) is 17.4. The van der Waals surface area contributed by atoms with E-state index in [0.717, 1.165) is 4.57 Å². The van der Waals surface area contributed by atoms with E-state index in [0.29, 0.717) is 25.5 Å². The number of aromatic nitrogens is 4. The fourth-order valence-electron chi connectivity index (χ4n) is 3.61. The number of nitrogens with one attached hydrogen (secondary N) is 1. The Labute approximate surface area is 170 Å². The number of aryl methyl sites for hydroxylation is 1. The average Bonchev–Trinajstić information content (AvgIpc) is 3.25. The van der Waals surface area contributed by atoms with Crippen LogP contribution < -0.4 is 5.32 Å². The minimum absolute atomic E-state index is 0. The zero-order valence-electron chi connectivity index (χ0n) is 15.6. The number of nitrogens with zero attached hydrogens (tertiary/aromatic N) is 5. The minimum Gasteiger partial charge on any atom is -0.336 e. The molecule has 1 aliphatic rings. The molecule has 29 heavy (non-hydrogen) atoms. The van der Waals surface area contributed by atoms with E-state index in [1.165, 1.54) is 6.07 Å². The van der Waals surface area contributed by atoms with Crippen LogP contribution in [0.5, 0.6) is 0 Å². The van der Waals surface area contributed by atoms with Gasteiger partial charge >= 0.3 is 6.18 Å². The highest BCUT2D eigenvalue weighted by atomic mass is 35.5. The summed E-state index contributed by atoms with van der Waals surface area (Å²) in [6.07, 6.45) is -1.24. The largest absolute Gasteiger partial charge is 0.449 e. The molecule has 4 rings (SSSR count). The van der Waals surface area contributed by atoms with Crippen molar-refractivity contribution < 1.29 is 18.0 Å². The minimum atomic E-state index is -4.65. The molecule has 1 amide bonds. The van der Waals surface area contributed by atoms with Crippen LogP contribution >= 0.6 is 12.4 Å². The van der Waals surface area contributed by atoms with Crippen LogP contribution in [-0.4, -0.2) is 49.5 Å². The number of para-hydroxylation sites is 2. The lowest BCUT2D eigenvalue weighted by Gasteiger charge is -2.36. The monoisotopic (exact) mass is 428 g/mol. The number of piperazine rings is 1. The van der Waals surface area contributed by atoms with Crippen LogP contribution in [0.3, 0.4) is 0 Å². The Morgan fingerprint density at radius 1 is 1.31 bits per heavy atom. The first kappa shape index (κ1) is 21.1. The van der Waals surface area contributed by atoms with Gasteiger partial charge in [0.2, 0.25) is 11.7 Å². The van der Waals surface area contributed by atoms with E-state index in [4.69, 9.17) is 0 Å². The highest BCUT2D eigenvalue weighted by Crippen LogP contribution is 2.32. The molecule has 0 saturated carbocycles. The molecule has 2 aromatic heterocycles. The van der Waals surface area contributed by atoms with Gasteiger partial charge in [0.15, 0.2) is 0 Å². The van der Waals surface area contributed by atoms with Crippen molar-refractivity contribution in [1.29, 1.82) is 0 Å². The SMILES string of the molecule is Cl.Cn1ccnc1C1CNCCN1C(=O)Cn1c(C(F)(F)F)nc2ccccc21. The Kier molecular flexibility index (Phi) is 5.85. The van der Waals surface area contributed by atoms with Gasteiger partial charge in [0.05, 0.1) is 11.0 Å². The van der Waals surface area contributed by atoms with Crippen molar-refractivity contribution in [1.82, 2.24) is 29.3 Å². The Bertz CT molecular complexity index is 1010. The van der Waals surface area contributed by atoms with Crippen LogP contribution in [0.2, 0.25) is 0 Å². The Hall–Kier alpha value is -2.59. The molecule has 0 aliphatic carbocycles. The van der Waals surface area contributed by atoms with Gasteiger partial charge in [0.1, 0.15) is 18.4 Å². The molecule has 1 atom stereocenters. The second-order valence-corrected chi connectivity index (χ2v) is 6.71. The van der Waals surface area contributed by atoms with E-state index in [1.807, 2.05) is 11.6 Å². The van der Waals surface area contributed by atoms with Crippen molar-refractivity contribution in [2.45, 2.75) is 18.8 Å². The van der Waals surface area contributed by atoms with Crippen molar-refractivity contribution >= 4 is 29.3 Å². The van der Waals surface area contributed by atoms with E-state index >= 15 is 0 Å². The number of hydrogen-bond acceptors (Lipinski definition) is 4. The first-order chi connectivity index (χ1) is 13.4. The molecule has 11 heteroatoms. The quantitative estimate of drug-likeness (QED) is 0.695. The standard InChI is InChI=1S/C18H19F3N6O.ClH/c1-25-8-7-23-16(25)14-10-22-6-9-26(14)15(28)11-27-13-5-3-2-4-12(13)24-17(27)18(19,20)21;/h2-5,7-8,14,22H,6,9-11H2,1H3;1H. The van der Waals surface area contributed by atoms with E-state index in [9.17, 15) is 18.0 Å². The average molecular weight is 429 g/mol. The molecule has 156 valence electrons. The summed E-state index contributed by atoms with van der Waals surface area (Å²) in [4.78, 5) is 22.7. The van der Waals surface area contributed by atoms with Gasteiger partial charge in [0, 0.05) is 39.1 Å². The predicted octanol–water partition coefficient (Wildman–Crippen LogP) is 2.38. The van der Waals surface area contributed by atoms with Crippen molar-refractivity contribution in [3.63, 3.8) is 0 Å². The van der Waals surface area contributed by atoms with Crippen LogP contribution in [0.1, 0.15) is 17.7 Å². The fourth-order valence-corrected chi connectivity index (χ4v) is 3.61. The van der Waals surface area contributed by atoms with Crippen LogP contribution in [0.4, 0.5) is 13.2 Å². The number of imidazole rings is 2. The third-order valence-corrected chi connectivity index (χ3v) is 4.92. The molecule has 1 N–H and O–H groups in total. The molecule has 1 fully saturated rings. The maximum atomic E-state index is 13.5. The lowest BCUT2D eigenvalue weighted by atomic mass is 10.1. The van der Waals surface area contributed by atoms with Gasteiger partial charge in [-0.2, -0.15) is 13.2 Å². The third-order valence-electron chi connectivity index (χ3n) is 4.92. The van der Waals surface area contributed by atoms with Crippen molar-refractivity contribution in [2.24, 2.45) is 7.05 Å². The number of halogens is 4. The van der Waals surface area contributed by atoms with Gasteiger partial charge < -0.3 is 19.4 Å². The predicted molar refractivity (Wildman–Crippen MR) is 103 cm³/mol. The van der Waals surface area contributed by atoms with Crippen molar-refractivity contribution in [2.75, 3.05) is 19.6 Å². The van der Waals surface area contributed by atoms with Gasteiger partial charge in [-0.25, -0.2) is 9.97 Å².